The summed E-state index contributed by atoms with van der Waals surface area (Å²) < 4.78 is 18.0. The van der Waals surface area contributed by atoms with Crippen molar-refractivity contribution in [1.82, 2.24) is 0 Å². The maximum absolute atomic E-state index is 13.4. The van der Waals surface area contributed by atoms with Crippen molar-refractivity contribution >= 4 is 21.9 Å². The largest absolute Gasteiger partial charge is 0.508 e. The number of fused-ring (bicyclic) bond motifs is 2. The molecule has 0 aliphatic rings. The third-order valence-corrected chi connectivity index (χ3v) is 7.31. The lowest BCUT2D eigenvalue weighted by Gasteiger charge is -2.18. The molecule has 0 fully saturated rings. The van der Waals surface area contributed by atoms with Crippen LogP contribution in [0.1, 0.15) is 6.92 Å². The Bertz CT molecular complexity index is 2250. The van der Waals surface area contributed by atoms with E-state index in [2.05, 4.69) is 6.58 Å². The van der Waals surface area contributed by atoms with Crippen LogP contribution in [-0.2, 0) is 0 Å². The van der Waals surface area contributed by atoms with Crippen LogP contribution in [0.2, 0.25) is 0 Å². The zero-order valence-corrected chi connectivity index (χ0v) is 23.8. The highest BCUT2D eigenvalue weighted by Crippen LogP contribution is 2.46. The third-order valence-electron chi connectivity index (χ3n) is 7.31. The predicted molar refractivity (Wildman–Crippen MR) is 168 cm³/mol. The Labute approximate surface area is 254 Å². The second-order valence-corrected chi connectivity index (χ2v) is 10.5. The first-order chi connectivity index (χ1) is 21.5. The molecule has 1 unspecified atom stereocenters. The molecule has 10 heteroatoms. The highest BCUT2D eigenvalue weighted by atomic mass is 16.5. The van der Waals surface area contributed by atoms with Crippen molar-refractivity contribution < 1.29 is 39.1 Å². The first kappa shape index (κ1) is 29.1. The van der Waals surface area contributed by atoms with Crippen LogP contribution in [0, 0.1) is 0 Å². The van der Waals surface area contributed by atoms with E-state index in [1.807, 2.05) is 0 Å². The van der Waals surface area contributed by atoms with E-state index >= 15 is 0 Å². The van der Waals surface area contributed by atoms with E-state index in [4.69, 9.17) is 13.6 Å². The van der Waals surface area contributed by atoms with Gasteiger partial charge in [0.1, 0.15) is 69.3 Å². The molecule has 0 saturated heterocycles. The SMILES string of the molecule is C=C(C)C(O)COc1cc(O)c2c(=O)cc(-c3ccccc3)oc2c1-c1cc(-c2cc(=O)c3c(O)cc(O)cc3o2)ccc1O. The second kappa shape index (κ2) is 11.3. The van der Waals surface area contributed by atoms with E-state index in [0.717, 1.165) is 12.1 Å². The number of aromatic hydroxyl groups is 4. The summed E-state index contributed by atoms with van der Waals surface area (Å²) in [6, 6.07) is 18.9. The lowest BCUT2D eigenvalue weighted by atomic mass is 9.96. The van der Waals surface area contributed by atoms with Gasteiger partial charge in [-0.3, -0.25) is 9.59 Å². The number of rotatable bonds is 7. The molecule has 6 rings (SSSR count). The van der Waals surface area contributed by atoms with Crippen LogP contribution in [0.4, 0.5) is 0 Å². The summed E-state index contributed by atoms with van der Waals surface area (Å²) in [6.45, 7) is 5.06. The molecule has 5 N–H and O–H groups in total. The van der Waals surface area contributed by atoms with E-state index in [1.165, 1.54) is 36.4 Å². The molecule has 0 aliphatic carbocycles. The number of benzene rings is 4. The van der Waals surface area contributed by atoms with Crippen LogP contribution < -0.4 is 15.6 Å². The number of phenols is 4. The van der Waals surface area contributed by atoms with E-state index < -0.39 is 28.5 Å². The molecule has 0 saturated carbocycles. The van der Waals surface area contributed by atoms with Crippen molar-refractivity contribution in [2.75, 3.05) is 6.61 Å². The molecule has 2 aromatic heterocycles. The van der Waals surface area contributed by atoms with Crippen molar-refractivity contribution in [3.05, 3.63) is 111 Å². The third kappa shape index (κ3) is 5.34. The van der Waals surface area contributed by atoms with Gasteiger partial charge in [0, 0.05) is 47.0 Å². The fourth-order valence-corrected chi connectivity index (χ4v) is 5.00. The van der Waals surface area contributed by atoms with E-state index in [0.29, 0.717) is 16.7 Å². The summed E-state index contributed by atoms with van der Waals surface area (Å²) in [5, 5.41) is 52.3. The van der Waals surface area contributed by atoms with Gasteiger partial charge in [-0.1, -0.05) is 36.9 Å². The molecule has 0 aliphatic heterocycles. The Hall–Kier alpha value is -6.00. The topological polar surface area (TPSA) is 171 Å². The molecule has 0 spiro atoms. The minimum absolute atomic E-state index is 0.0316. The summed E-state index contributed by atoms with van der Waals surface area (Å²) >= 11 is 0. The normalized spacial score (nSPS) is 12.0. The molecular weight excluding hydrogens is 580 g/mol. The summed E-state index contributed by atoms with van der Waals surface area (Å²) in [5.74, 6) is -1.30. The minimum atomic E-state index is -1.07. The van der Waals surface area contributed by atoms with Crippen molar-refractivity contribution in [3.63, 3.8) is 0 Å². The average Bonchev–Trinajstić information content (AvgIpc) is 2.99. The van der Waals surface area contributed by atoms with Crippen LogP contribution in [-0.4, -0.2) is 38.2 Å². The van der Waals surface area contributed by atoms with Gasteiger partial charge in [-0.15, -0.1) is 0 Å². The number of phenolic OH excluding ortho intramolecular Hbond substituents is 4. The molecule has 0 radical (unpaired) electrons. The van der Waals surface area contributed by atoms with Gasteiger partial charge < -0.3 is 39.1 Å². The number of hydrogen-bond donors (Lipinski definition) is 5. The van der Waals surface area contributed by atoms with Crippen LogP contribution in [0.25, 0.3) is 55.7 Å². The van der Waals surface area contributed by atoms with Crippen molar-refractivity contribution in [3.8, 4) is 62.5 Å². The zero-order valence-electron chi connectivity index (χ0n) is 23.8. The fraction of sp³-hybridized carbons (Fsp3) is 0.0857. The Morgan fingerprint density at radius 3 is 2.16 bits per heavy atom. The van der Waals surface area contributed by atoms with Gasteiger partial charge in [0.15, 0.2) is 16.4 Å². The Balaban J connectivity index is 1.63. The minimum Gasteiger partial charge on any atom is -0.508 e. The van der Waals surface area contributed by atoms with Gasteiger partial charge in [0.05, 0.1) is 5.56 Å². The first-order valence-corrected chi connectivity index (χ1v) is 13.7. The van der Waals surface area contributed by atoms with Crippen molar-refractivity contribution in [2.24, 2.45) is 0 Å². The van der Waals surface area contributed by atoms with Crippen molar-refractivity contribution in [2.45, 2.75) is 13.0 Å². The maximum atomic E-state index is 13.4. The van der Waals surface area contributed by atoms with E-state index in [1.54, 1.807) is 37.3 Å². The van der Waals surface area contributed by atoms with E-state index in [9.17, 15) is 35.1 Å². The number of aliphatic hydroxyl groups is 1. The highest BCUT2D eigenvalue weighted by Gasteiger charge is 2.24. The summed E-state index contributed by atoms with van der Waals surface area (Å²) in [4.78, 5) is 26.3. The zero-order chi connectivity index (χ0) is 32.0. The molecule has 45 heavy (non-hydrogen) atoms. The highest BCUT2D eigenvalue weighted by molar-refractivity contribution is 6.01. The molecule has 2 heterocycles. The van der Waals surface area contributed by atoms with Gasteiger partial charge in [0.25, 0.3) is 0 Å². The summed E-state index contributed by atoms with van der Waals surface area (Å²) in [6.07, 6.45) is -1.07. The van der Waals surface area contributed by atoms with Gasteiger partial charge in [-0.2, -0.15) is 0 Å². The van der Waals surface area contributed by atoms with Crippen LogP contribution in [0.15, 0.2) is 109 Å². The standard InChI is InChI=1S/C35H26O10/c1-17(2)27(42)16-43-30-15-26(41)34-25(40)14-28(18-6-4-3-5-7-18)45-35(34)32(30)21-10-19(8-9-22(21)37)29-13-24(39)33-23(38)11-20(36)12-31(33)44-29/h3-15,27,36-38,41-42H,1,16H2,2H3. The van der Waals surface area contributed by atoms with Crippen LogP contribution >= 0.6 is 0 Å². The molecule has 226 valence electrons. The molecular formula is C35H26O10. The molecule has 1 atom stereocenters. The fourth-order valence-electron chi connectivity index (χ4n) is 5.00. The van der Waals surface area contributed by atoms with E-state index in [-0.39, 0.29) is 68.4 Å². The van der Waals surface area contributed by atoms with Gasteiger partial charge in [-0.25, -0.2) is 0 Å². The van der Waals surface area contributed by atoms with Gasteiger partial charge in [-0.05, 0) is 30.7 Å². The molecule has 6 aromatic rings. The molecule has 10 nitrogen and oxygen atoms in total. The lowest BCUT2D eigenvalue weighted by Crippen LogP contribution is -2.18. The predicted octanol–water partition coefficient (Wildman–Crippen LogP) is 6.04. The molecule has 0 amide bonds. The first-order valence-electron chi connectivity index (χ1n) is 13.7. The smallest absolute Gasteiger partial charge is 0.197 e. The Morgan fingerprint density at radius 1 is 0.778 bits per heavy atom. The second-order valence-electron chi connectivity index (χ2n) is 10.5. The van der Waals surface area contributed by atoms with Gasteiger partial charge in [0.2, 0.25) is 0 Å². The number of ether oxygens (including phenoxy) is 1. The molecule has 4 aromatic carbocycles. The van der Waals surface area contributed by atoms with Gasteiger partial charge >= 0.3 is 0 Å². The molecule has 0 bridgehead atoms. The number of hydrogen-bond acceptors (Lipinski definition) is 10. The Morgan fingerprint density at radius 2 is 1.44 bits per heavy atom. The van der Waals surface area contributed by atoms with Crippen LogP contribution in [0.3, 0.4) is 0 Å². The monoisotopic (exact) mass is 606 g/mol. The summed E-state index contributed by atoms with van der Waals surface area (Å²) in [7, 11) is 0. The number of aliphatic hydroxyl groups excluding tert-OH is 1. The lowest BCUT2D eigenvalue weighted by molar-refractivity contribution is 0.136. The van der Waals surface area contributed by atoms with Crippen LogP contribution in [0.5, 0.6) is 28.7 Å². The average molecular weight is 607 g/mol. The quantitative estimate of drug-likeness (QED) is 0.135. The maximum Gasteiger partial charge on any atom is 0.197 e. The summed E-state index contributed by atoms with van der Waals surface area (Å²) in [5.41, 5.74) is 0.125. The van der Waals surface area contributed by atoms with Crippen molar-refractivity contribution in [1.29, 1.82) is 0 Å². The Kier molecular flexibility index (Phi) is 7.27.